The number of piperidine rings is 1. The van der Waals surface area contributed by atoms with Crippen LogP contribution in [0, 0.1) is 0 Å². The van der Waals surface area contributed by atoms with E-state index >= 15 is 0 Å². The van der Waals surface area contributed by atoms with Gasteiger partial charge in [-0.15, -0.1) is 0 Å². The molecular weight excluding hydrogens is 348 g/mol. The van der Waals surface area contributed by atoms with Crippen LogP contribution in [0.3, 0.4) is 0 Å². The number of hydrogen-bond acceptors (Lipinski definition) is 5. The molecule has 2 fully saturated rings. The number of benzene rings is 1. The number of thioether (sulfide) groups is 1. The lowest BCUT2D eigenvalue weighted by molar-refractivity contribution is 0.0882. The molecular formula is C19H24N4O2S. The number of fused-ring (bicyclic) bond motifs is 1. The number of rotatable bonds is 3. The zero-order chi connectivity index (χ0) is 17.9. The number of nitrogens with one attached hydrogen (secondary N) is 2. The third-order valence-electron chi connectivity index (χ3n) is 5.48. The Morgan fingerprint density at radius 2 is 1.81 bits per heavy atom. The van der Waals surface area contributed by atoms with Crippen LogP contribution in [0.4, 0.5) is 0 Å². The molecule has 1 amide bonds. The topological polar surface area (TPSA) is 78.1 Å². The number of nitrogens with zero attached hydrogens (tertiary/aromatic N) is 2. The average molecular weight is 372 g/mol. The molecule has 1 aromatic heterocycles. The molecule has 0 unspecified atom stereocenters. The van der Waals surface area contributed by atoms with Crippen LogP contribution in [0.1, 0.15) is 36.2 Å². The minimum absolute atomic E-state index is 0.171. The Labute approximate surface area is 156 Å². The molecule has 7 heteroatoms. The predicted octanol–water partition coefficient (Wildman–Crippen LogP) is 2.01. The molecule has 3 heterocycles. The van der Waals surface area contributed by atoms with Crippen molar-refractivity contribution in [1.29, 1.82) is 0 Å². The fraction of sp³-hybridized carbons (Fsp3) is 0.526. The lowest BCUT2D eigenvalue weighted by Crippen LogP contribution is -2.49. The largest absolute Gasteiger partial charge is 0.348 e. The summed E-state index contributed by atoms with van der Waals surface area (Å²) in [4.78, 5) is 27.2. The van der Waals surface area contributed by atoms with Gasteiger partial charge in [-0.2, -0.15) is 16.9 Å². The molecule has 0 radical (unpaired) electrons. The summed E-state index contributed by atoms with van der Waals surface area (Å²) in [6, 6.07) is 7.99. The van der Waals surface area contributed by atoms with E-state index in [-0.39, 0.29) is 17.5 Å². The van der Waals surface area contributed by atoms with Crippen molar-refractivity contribution in [3.8, 4) is 0 Å². The SMILES string of the molecule is O=C(NC1CCN(C2CCSCC2)CC1)c1n[nH]c(=O)c2ccccc12. The number of aromatic amines is 1. The molecule has 0 spiro atoms. The molecule has 138 valence electrons. The van der Waals surface area contributed by atoms with Crippen molar-refractivity contribution in [3.63, 3.8) is 0 Å². The van der Waals surface area contributed by atoms with Gasteiger partial charge in [-0.25, -0.2) is 5.10 Å². The number of aromatic nitrogens is 2. The maximum Gasteiger partial charge on any atom is 0.272 e. The van der Waals surface area contributed by atoms with Crippen LogP contribution < -0.4 is 10.9 Å². The number of hydrogen-bond donors (Lipinski definition) is 2. The van der Waals surface area contributed by atoms with Crippen molar-refractivity contribution in [2.45, 2.75) is 37.8 Å². The van der Waals surface area contributed by atoms with E-state index in [1.807, 2.05) is 6.07 Å². The summed E-state index contributed by atoms with van der Waals surface area (Å²) in [5.74, 6) is 2.34. The average Bonchev–Trinajstić information content (AvgIpc) is 2.70. The Kier molecular flexibility index (Phi) is 5.26. The van der Waals surface area contributed by atoms with Gasteiger partial charge in [-0.3, -0.25) is 9.59 Å². The molecule has 1 aromatic carbocycles. The van der Waals surface area contributed by atoms with Crippen molar-refractivity contribution < 1.29 is 4.79 Å². The molecule has 2 saturated heterocycles. The second-order valence-electron chi connectivity index (χ2n) is 7.07. The van der Waals surface area contributed by atoms with E-state index in [1.165, 1.54) is 24.3 Å². The second kappa shape index (κ2) is 7.80. The van der Waals surface area contributed by atoms with Crippen molar-refractivity contribution in [2.24, 2.45) is 0 Å². The molecule has 26 heavy (non-hydrogen) atoms. The van der Waals surface area contributed by atoms with E-state index in [0.717, 1.165) is 32.0 Å². The van der Waals surface area contributed by atoms with Gasteiger partial charge in [0.05, 0.1) is 5.39 Å². The van der Waals surface area contributed by atoms with E-state index in [0.29, 0.717) is 16.5 Å². The van der Waals surface area contributed by atoms with Crippen LogP contribution >= 0.6 is 11.8 Å². The van der Waals surface area contributed by atoms with Crippen LogP contribution in [-0.2, 0) is 0 Å². The lowest BCUT2D eigenvalue weighted by atomic mass is 10.0. The van der Waals surface area contributed by atoms with E-state index < -0.39 is 0 Å². The summed E-state index contributed by atoms with van der Waals surface area (Å²) in [7, 11) is 0. The van der Waals surface area contributed by atoms with Gasteiger partial charge in [0.2, 0.25) is 0 Å². The summed E-state index contributed by atoms with van der Waals surface area (Å²) in [6.45, 7) is 2.08. The highest BCUT2D eigenvalue weighted by Gasteiger charge is 2.27. The molecule has 4 rings (SSSR count). The van der Waals surface area contributed by atoms with Crippen LogP contribution in [0.25, 0.3) is 10.8 Å². The molecule has 2 aliphatic heterocycles. The van der Waals surface area contributed by atoms with E-state index in [4.69, 9.17) is 0 Å². The minimum Gasteiger partial charge on any atom is -0.348 e. The molecule has 2 N–H and O–H groups in total. The number of carbonyl (C=O) groups is 1. The van der Waals surface area contributed by atoms with Crippen molar-refractivity contribution in [3.05, 3.63) is 40.3 Å². The van der Waals surface area contributed by atoms with Gasteiger partial charge >= 0.3 is 0 Å². The third kappa shape index (κ3) is 3.64. The number of carbonyl (C=O) groups excluding carboxylic acids is 1. The smallest absolute Gasteiger partial charge is 0.272 e. The minimum atomic E-state index is -0.267. The van der Waals surface area contributed by atoms with Crippen molar-refractivity contribution >= 4 is 28.4 Å². The quantitative estimate of drug-likeness (QED) is 0.862. The van der Waals surface area contributed by atoms with Gasteiger partial charge in [-0.1, -0.05) is 18.2 Å². The first-order chi connectivity index (χ1) is 12.7. The van der Waals surface area contributed by atoms with Crippen LogP contribution in [0.5, 0.6) is 0 Å². The highest BCUT2D eigenvalue weighted by atomic mass is 32.2. The number of H-pyrrole nitrogens is 1. The highest BCUT2D eigenvalue weighted by molar-refractivity contribution is 7.99. The first-order valence-electron chi connectivity index (χ1n) is 9.32. The second-order valence-corrected chi connectivity index (χ2v) is 8.30. The molecule has 6 nitrogen and oxygen atoms in total. The van der Waals surface area contributed by atoms with Crippen LogP contribution in [0.15, 0.2) is 29.1 Å². The maximum absolute atomic E-state index is 12.7. The fourth-order valence-electron chi connectivity index (χ4n) is 4.00. The number of amides is 1. The molecule has 0 bridgehead atoms. The molecule has 2 aliphatic rings. The van der Waals surface area contributed by atoms with Crippen LogP contribution in [0.2, 0.25) is 0 Å². The Morgan fingerprint density at radius 3 is 2.54 bits per heavy atom. The predicted molar refractivity (Wildman–Crippen MR) is 105 cm³/mol. The van der Waals surface area contributed by atoms with E-state index in [9.17, 15) is 9.59 Å². The molecule has 2 aromatic rings. The highest BCUT2D eigenvalue weighted by Crippen LogP contribution is 2.24. The Morgan fingerprint density at radius 1 is 1.12 bits per heavy atom. The monoisotopic (exact) mass is 372 g/mol. The summed E-state index contributed by atoms with van der Waals surface area (Å²) in [5.41, 5.74) is 0.0306. The van der Waals surface area contributed by atoms with E-state index in [1.54, 1.807) is 18.2 Å². The summed E-state index contributed by atoms with van der Waals surface area (Å²) < 4.78 is 0. The molecule has 0 saturated carbocycles. The van der Waals surface area contributed by atoms with Gasteiger partial charge < -0.3 is 10.2 Å². The zero-order valence-corrected chi connectivity index (χ0v) is 15.6. The third-order valence-corrected chi connectivity index (χ3v) is 6.53. The molecule has 0 atom stereocenters. The Bertz CT molecular complexity index is 839. The fourth-order valence-corrected chi connectivity index (χ4v) is 5.08. The molecule has 0 aliphatic carbocycles. The summed E-state index contributed by atoms with van der Waals surface area (Å²) in [5, 5.41) is 10.6. The zero-order valence-electron chi connectivity index (χ0n) is 14.7. The van der Waals surface area contributed by atoms with Gasteiger partial charge in [0.15, 0.2) is 5.69 Å². The van der Waals surface area contributed by atoms with Crippen molar-refractivity contribution in [2.75, 3.05) is 24.6 Å². The summed E-state index contributed by atoms with van der Waals surface area (Å²) in [6.07, 6.45) is 4.51. The first kappa shape index (κ1) is 17.5. The standard InChI is InChI=1S/C19H24N4O2S/c24-18-16-4-2-1-3-15(16)17(21-22-18)19(25)20-13-5-9-23(10-6-13)14-7-11-26-12-8-14/h1-4,13-14H,5-12H2,(H,20,25)(H,22,24). The Balaban J connectivity index is 1.40. The summed E-state index contributed by atoms with van der Waals surface area (Å²) >= 11 is 2.06. The van der Waals surface area contributed by atoms with Gasteiger partial charge in [0.1, 0.15) is 0 Å². The normalized spacial score (nSPS) is 20.3. The van der Waals surface area contributed by atoms with E-state index in [2.05, 4.69) is 32.2 Å². The number of likely N-dealkylation sites (tertiary alicyclic amines) is 1. The van der Waals surface area contributed by atoms with Gasteiger partial charge in [0, 0.05) is 30.6 Å². The maximum atomic E-state index is 12.7. The van der Waals surface area contributed by atoms with Crippen molar-refractivity contribution in [1.82, 2.24) is 20.4 Å². The lowest BCUT2D eigenvalue weighted by Gasteiger charge is -2.39. The first-order valence-corrected chi connectivity index (χ1v) is 10.5. The van der Waals surface area contributed by atoms with Crippen LogP contribution in [-0.4, -0.2) is 57.7 Å². The van der Waals surface area contributed by atoms with Gasteiger partial charge in [-0.05, 0) is 43.3 Å². The van der Waals surface area contributed by atoms with Gasteiger partial charge in [0.25, 0.3) is 11.5 Å². The Hall–Kier alpha value is -1.86.